The molecule has 1 aromatic rings. The highest BCUT2D eigenvalue weighted by molar-refractivity contribution is 6.38. The monoisotopic (exact) mass is 349 g/mol. The summed E-state index contributed by atoms with van der Waals surface area (Å²) in [4.78, 5) is 6.39. The molecule has 1 amide bonds. The molecular weight excluding hydrogens is 340 g/mol. The van der Waals surface area contributed by atoms with Crippen LogP contribution in [-0.2, 0) is 4.79 Å². The van der Waals surface area contributed by atoms with Gasteiger partial charge in [-0.25, -0.2) is 0 Å². The van der Waals surface area contributed by atoms with Gasteiger partial charge in [-0.1, -0.05) is 11.6 Å². The fourth-order valence-electron chi connectivity index (χ4n) is 1.44. The molecule has 124 valence electrons. The van der Waals surface area contributed by atoms with Crippen molar-refractivity contribution in [2.45, 2.75) is 24.2 Å². The van der Waals surface area contributed by atoms with Crippen LogP contribution < -0.4 is 10.1 Å². The fourth-order valence-corrected chi connectivity index (χ4v) is 1.48. The summed E-state index contributed by atoms with van der Waals surface area (Å²) in [7, 11) is 0. The largest absolute Gasteiger partial charge is 0.494 e. The summed E-state index contributed by atoms with van der Waals surface area (Å²) >= 11 is 4.59. The maximum absolute atomic E-state index is 12.6. The molecule has 0 bridgehead atoms. The van der Waals surface area contributed by atoms with Crippen LogP contribution in [0.3, 0.4) is 0 Å². The van der Waals surface area contributed by atoms with Gasteiger partial charge in [0.05, 0.1) is 6.61 Å². The topological polar surface area (TPSA) is 38.3 Å². The lowest BCUT2D eigenvalue weighted by Gasteiger charge is -2.30. The van der Waals surface area contributed by atoms with E-state index in [2.05, 4.69) is 11.6 Å². The molecule has 0 fully saturated rings. The van der Waals surface area contributed by atoms with Gasteiger partial charge in [-0.2, -0.15) is 26.3 Å². The van der Waals surface area contributed by atoms with Crippen molar-refractivity contribution in [3.05, 3.63) is 24.3 Å². The molecule has 0 radical (unpaired) electrons. The molecule has 0 aliphatic carbocycles. The smallest absolute Gasteiger partial charge is 0.425 e. The molecule has 0 saturated heterocycles. The number of anilines is 1. The molecule has 0 aliphatic heterocycles. The minimum Gasteiger partial charge on any atom is -0.494 e. The number of ether oxygens (including phenoxy) is 1. The Kier molecular flexibility index (Phi) is 5.21. The average molecular weight is 350 g/mol. The SMILES string of the molecule is CCOc1ccc(NC(=O)C(Cl)(C(F)(F)F)C(F)(F)F)cc1. The zero-order valence-corrected chi connectivity index (χ0v) is 11.7. The summed E-state index contributed by atoms with van der Waals surface area (Å²) in [5.41, 5.74) is -0.285. The van der Waals surface area contributed by atoms with Crippen LogP contribution in [0.15, 0.2) is 24.3 Å². The molecule has 0 aromatic heterocycles. The van der Waals surface area contributed by atoms with Gasteiger partial charge in [0.1, 0.15) is 5.75 Å². The van der Waals surface area contributed by atoms with E-state index in [0.717, 1.165) is 12.1 Å². The van der Waals surface area contributed by atoms with E-state index in [1.165, 1.54) is 17.4 Å². The Morgan fingerprint density at radius 1 is 1.09 bits per heavy atom. The summed E-state index contributed by atoms with van der Waals surface area (Å²) in [6.45, 7) is 2.00. The fraction of sp³-hybridized carbons (Fsp3) is 0.417. The van der Waals surface area contributed by atoms with E-state index in [9.17, 15) is 31.1 Å². The van der Waals surface area contributed by atoms with Crippen molar-refractivity contribution >= 4 is 23.2 Å². The Morgan fingerprint density at radius 3 is 1.91 bits per heavy atom. The highest BCUT2D eigenvalue weighted by Crippen LogP contribution is 2.48. The van der Waals surface area contributed by atoms with Crippen LogP contribution in [-0.4, -0.2) is 29.7 Å². The van der Waals surface area contributed by atoms with E-state index in [0.29, 0.717) is 12.4 Å². The molecule has 0 heterocycles. The normalized spacial score (nSPS) is 12.9. The van der Waals surface area contributed by atoms with E-state index in [1.54, 1.807) is 6.92 Å². The van der Waals surface area contributed by atoms with E-state index < -0.39 is 23.1 Å². The molecule has 1 aromatic carbocycles. The minimum atomic E-state index is -6.01. The number of nitrogens with one attached hydrogen (secondary N) is 1. The van der Waals surface area contributed by atoms with Crippen LogP contribution in [0.1, 0.15) is 6.92 Å². The standard InChI is InChI=1S/C12H10ClF6NO2/c1-2-22-8-5-3-7(4-6-8)20-9(21)10(13,11(14,15)16)12(17,18)19/h3-6H,2H2,1H3,(H,20,21). The van der Waals surface area contributed by atoms with Gasteiger partial charge < -0.3 is 10.1 Å². The zero-order chi connectivity index (χ0) is 17.2. The maximum atomic E-state index is 12.6. The summed E-state index contributed by atoms with van der Waals surface area (Å²) in [5.74, 6) is -2.09. The molecule has 10 heteroatoms. The molecule has 0 atom stereocenters. The Morgan fingerprint density at radius 2 is 1.55 bits per heavy atom. The average Bonchev–Trinajstić information content (AvgIpc) is 2.37. The van der Waals surface area contributed by atoms with Crippen LogP contribution in [0, 0.1) is 0 Å². The predicted octanol–water partition coefficient (Wildman–Crippen LogP) is 4.13. The third-order valence-corrected chi connectivity index (χ3v) is 3.12. The van der Waals surface area contributed by atoms with Crippen molar-refractivity contribution in [1.29, 1.82) is 0 Å². The van der Waals surface area contributed by atoms with Gasteiger partial charge in [-0.05, 0) is 31.2 Å². The number of amides is 1. The van der Waals surface area contributed by atoms with Crippen molar-refractivity contribution in [2.75, 3.05) is 11.9 Å². The first-order chi connectivity index (χ1) is 9.93. The molecule has 0 unspecified atom stereocenters. The van der Waals surface area contributed by atoms with Crippen molar-refractivity contribution in [1.82, 2.24) is 0 Å². The van der Waals surface area contributed by atoms with Gasteiger partial charge in [-0.15, -0.1) is 0 Å². The quantitative estimate of drug-likeness (QED) is 0.656. The van der Waals surface area contributed by atoms with Crippen LogP contribution in [0.25, 0.3) is 0 Å². The zero-order valence-electron chi connectivity index (χ0n) is 11.0. The second-order valence-electron chi connectivity index (χ2n) is 4.07. The van der Waals surface area contributed by atoms with E-state index in [-0.39, 0.29) is 5.69 Å². The number of benzene rings is 1. The second-order valence-corrected chi connectivity index (χ2v) is 4.63. The molecule has 0 saturated carbocycles. The van der Waals surface area contributed by atoms with Gasteiger partial charge in [0.15, 0.2) is 0 Å². The predicted molar refractivity (Wildman–Crippen MR) is 66.9 cm³/mol. The Hall–Kier alpha value is -1.64. The lowest BCUT2D eigenvalue weighted by Crippen LogP contribution is -2.60. The van der Waals surface area contributed by atoms with E-state index >= 15 is 0 Å². The van der Waals surface area contributed by atoms with E-state index in [1.807, 2.05) is 0 Å². The Bertz CT molecular complexity index is 512. The van der Waals surface area contributed by atoms with Gasteiger partial charge in [0.25, 0.3) is 5.91 Å². The van der Waals surface area contributed by atoms with Gasteiger partial charge in [0.2, 0.25) is 0 Å². The van der Waals surface area contributed by atoms with Gasteiger partial charge in [-0.3, -0.25) is 4.79 Å². The van der Waals surface area contributed by atoms with Gasteiger partial charge in [0, 0.05) is 5.69 Å². The lowest BCUT2D eigenvalue weighted by molar-refractivity contribution is -0.258. The van der Waals surface area contributed by atoms with Crippen LogP contribution in [0.5, 0.6) is 5.75 Å². The summed E-state index contributed by atoms with van der Waals surface area (Å²) < 4.78 is 80.6. The third kappa shape index (κ3) is 3.57. The lowest BCUT2D eigenvalue weighted by atomic mass is 10.1. The molecule has 1 N–H and O–H groups in total. The first-order valence-corrected chi connectivity index (χ1v) is 6.18. The highest BCUT2D eigenvalue weighted by Gasteiger charge is 2.75. The number of carbonyl (C=O) groups excluding carboxylic acids is 1. The third-order valence-electron chi connectivity index (χ3n) is 2.52. The minimum absolute atomic E-state index is 0.285. The summed E-state index contributed by atoms with van der Waals surface area (Å²) in [6.07, 6.45) is -12.0. The van der Waals surface area contributed by atoms with Crippen LogP contribution >= 0.6 is 11.6 Å². The maximum Gasteiger partial charge on any atom is 0.425 e. The number of hydrogen-bond donors (Lipinski definition) is 1. The molecule has 1 rings (SSSR count). The van der Waals surface area contributed by atoms with Crippen molar-refractivity contribution in [2.24, 2.45) is 0 Å². The molecule has 3 nitrogen and oxygen atoms in total. The van der Waals surface area contributed by atoms with E-state index in [4.69, 9.17) is 4.74 Å². The number of halogens is 7. The first kappa shape index (κ1) is 18.4. The highest BCUT2D eigenvalue weighted by atomic mass is 35.5. The Balaban J connectivity index is 3.02. The molecule has 0 aliphatic rings. The Labute approximate surface area is 126 Å². The summed E-state index contributed by atoms with van der Waals surface area (Å²) in [6, 6.07) is 4.73. The number of carbonyl (C=O) groups is 1. The van der Waals surface area contributed by atoms with Crippen molar-refractivity contribution in [3.8, 4) is 5.75 Å². The first-order valence-electron chi connectivity index (χ1n) is 5.80. The second kappa shape index (κ2) is 6.23. The van der Waals surface area contributed by atoms with Crippen LogP contribution in [0.2, 0.25) is 0 Å². The van der Waals surface area contributed by atoms with Gasteiger partial charge >= 0.3 is 17.2 Å². The number of alkyl halides is 7. The van der Waals surface area contributed by atoms with Crippen molar-refractivity contribution in [3.63, 3.8) is 0 Å². The number of rotatable bonds is 4. The molecule has 0 spiro atoms. The summed E-state index contributed by atoms with van der Waals surface area (Å²) in [5, 5.41) is 1.50. The number of hydrogen-bond acceptors (Lipinski definition) is 2. The van der Waals surface area contributed by atoms with Crippen LogP contribution in [0.4, 0.5) is 32.0 Å². The molecule has 22 heavy (non-hydrogen) atoms. The molecular formula is C12H10ClF6NO2. The van der Waals surface area contributed by atoms with Crippen molar-refractivity contribution < 1.29 is 35.9 Å².